The number of hydrogen-bond donors (Lipinski definition) is 0. The van der Waals surface area contributed by atoms with Crippen LogP contribution in [0.15, 0.2) is 6.07 Å². The zero-order chi connectivity index (χ0) is 8.43. The fourth-order valence-electron chi connectivity index (χ4n) is 0.953. The molecule has 0 aliphatic carbocycles. The highest BCUT2D eigenvalue weighted by atomic mass is 14.7. The lowest BCUT2D eigenvalue weighted by molar-refractivity contribution is 1.10. The third kappa shape index (κ3) is 1.38. The number of nitriles is 1. The molecule has 0 aromatic carbocycles. The van der Waals surface area contributed by atoms with E-state index in [-0.39, 0.29) is 0 Å². The molecule has 1 rings (SSSR count). The highest BCUT2D eigenvalue weighted by molar-refractivity contribution is 5.34. The fourth-order valence-corrected chi connectivity index (χ4v) is 0.953. The van der Waals surface area contributed by atoms with Gasteiger partial charge in [0.1, 0.15) is 11.8 Å². The summed E-state index contributed by atoms with van der Waals surface area (Å²) in [5, 5.41) is 8.56. The maximum atomic E-state index is 8.56. The van der Waals surface area contributed by atoms with Gasteiger partial charge in [0, 0.05) is 5.69 Å². The number of rotatable bonds is 0. The zero-order valence-corrected chi connectivity index (χ0v) is 6.97. The van der Waals surface area contributed by atoms with Gasteiger partial charge < -0.3 is 0 Å². The maximum Gasteiger partial charge on any atom is 0.141 e. The smallest absolute Gasteiger partial charge is 0.141 e. The molecule has 1 aromatic heterocycles. The van der Waals surface area contributed by atoms with Gasteiger partial charge in [0.15, 0.2) is 0 Å². The summed E-state index contributed by atoms with van der Waals surface area (Å²) in [4.78, 5) is 4.09. The summed E-state index contributed by atoms with van der Waals surface area (Å²) in [5.41, 5.74) is 3.75. The van der Waals surface area contributed by atoms with E-state index in [1.54, 1.807) is 0 Å². The molecule has 0 aliphatic heterocycles. The molecule has 0 spiro atoms. The van der Waals surface area contributed by atoms with Gasteiger partial charge in [-0.15, -0.1) is 0 Å². The summed E-state index contributed by atoms with van der Waals surface area (Å²) >= 11 is 0. The van der Waals surface area contributed by atoms with Gasteiger partial charge in [0.25, 0.3) is 0 Å². The molecule has 0 atom stereocenters. The first-order valence-electron chi connectivity index (χ1n) is 3.50. The van der Waals surface area contributed by atoms with Crippen molar-refractivity contribution in [1.82, 2.24) is 4.98 Å². The molecule has 0 radical (unpaired) electrons. The molecule has 11 heavy (non-hydrogen) atoms. The molecule has 1 heterocycles. The molecule has 0 saturated carbocycles. The van der Waals surface area contributed by atoms with E-state index in [9.17, 15) is 0 Å². The Balaban J connectivity index is 3.35. The number of aromatic nitrogens is 1. The lowest BCUT2D eigenvalue weighted by Crippen LogP contribution is -1.93. The fraction of sp³-hybridized carbons (Fsp3) is 0.333. The molecule has 0 unspecified atom stereocenters. The summed E-state index contributed by atoms with van der Waals surface area (Å²) in [6, 6.07) is 3.83. The summed E-state index contributed by atoms with van der Waals surface area (Å²) in [6.45, 7) is 5.92. The van der Waals surface area contributed by atoms with Gasteiger partial charge in [-0.3, -0.25) is 0 Å². The molecular weight excluding hydrogens is 136 g/mol. The summed E-state index contributed by atoms with van der Waals surface area (Å²) in [5.74, 6) is 0. The second-order valence-electron chi connectivity index (χ2n) is 2.65. The Bertz CT molecular complexity index is 298. The van der Waals surface area contributed by atoms with E-state index < -0.39 is 0 Å². The Morgan fingerprint density at radius 3 is 2.45 bits per heavy atom. The predicted molar refractivity (Wildman–Crippen MR) is 43.2 cm³/mol. The first kappa shape index (κ1) is 7.74. The van der Waals surface area contributed by atoms with Crippen LogP contribution in [0.5, 0.6) is 0 Å². The van der Waals surface area contributed by atoms with Crippen molar-refractivity contribution in [3.05, 3.63) is 28.6 Å². The molecular formula is C9H10N2. The number of aryl methyl sites for hydroxylation is 2. The van der Waals surface area contributed by atoms with Gasteiger partial charge in [0.05, 0.1) is 0 Å². The molecule has 56 valence electrons. The van der Waals surface area contributed by atoms with Gasteiger partial charge in [-0.2, -0.15) is 5.26 Å². The monoisotopic (exact) mass is 146 g/mol. The van der Waals surface area contributed by atoms with E-state index in [2.05, 4.69) is 4.98 Å². The highest BCUT2D eigenvalue weighted by Gasteiger charge is 2.00. The molecule has 2 heteroatoms. The summed E-state index contributed by atoms with van der Waals surface area (Å²) in [7, 11) is 0. The van der Waals surface area contributed by atoms with Crippen molar-refractivity contribution < 1.29 is 0 Å². The van der Waals surface area contributed by atoms with Crippen LogP contribution in [0.2, 0.25) is 0 Å². The van der Waals surface area contributed by atoms with Crippen molar-refractivity contribution in [3.8, 4) is 6.07 Å². The second-order valence-corrected chi connectivity index (χ2v) is 2.65. The molecule has 1 aromatic rings. The molecule has 0 saturated heterocycles. The normalized spacial score (nSPS) is 9.27. The number of hydrogen-bond acceptors (Lipinski definition) is 2. The Labute approximate surface area is 66.5 Å². The van der Waals surface area contributed by atoms with Gasteiger partial charge in [-0.25, -0.2) is 4.98 Å². The van der Waals surface area contributed by atoms with Crippen molar-refractivity contribution in [2.75, 3.05) is 0 Å². The minimum atomic E-state index is 0.505. The molecule has 0 aliphatic rings. The molecule has 0 amide bonds. The summed E-state index contributed by atoms with van der Waals surface area (Å²) < 4.78 is 0. The van der Waals surface area contributed by atoms with Crippen LogP contribution in [0.1, 0.15) is 22.5 Å². The molecule has 0 N–H and O–H groups in total. The lowest BCUT2D eigenvalue weighted by atomic mass is 10.1. The van der Waals surface area contributed by atoms with Crippen LogP contribution in [0.4, 0.5) is 0 Å². The molecule has 0 fully saturated rings. The van der Waals surface area contributed by atoms with E-state index >= 15 is 0 Å². The third-order valence-corrected chi connectivity index (χ3v) is 1.89. The van der Waals surface area contributed by atoms with Gasteiger partial charge in [-0.05, 0) is 38.0 Å². The Morgan fingerprint density at radius 2 is 2.00 bits per heavy atom. The maximum absolute atomic E-state index is 8.56. The number of nitrogens with zero attached hydrogens (tertiary/aromatic N) is 2. The Hall–Kier alpha value is -1.36. The van der Waals surface area contributed by atoms with E-state index in [4.69, 9.17) is 5.26 Å². The minimum Gasteiger partial charge on any atom is -0.242 e. The van der Waals surface area contributed by atoms with E-state index in [0.29, 0.717) is 5.69 Å². The van der Waals surface area contributed by atoms with Crippen LogP contribution in [-0.2, 0) is 0 Å². The van der Waals surface area contributed by atoms with Crippen molar-refractivity contribution >= 4 is 0 Å². The minimum absolute atomic E-state index is 0.505. The molecule has 0 bridgehead atoms. The van der Waals surface area contributed by atoms with E-state index in [1.165, 1.54) is 5.56 Å². The zero-order valence-electron chi connectivity index (χ0n) is 6.97. The van der Waals surface area contributed by atoms with E-state index in [1.807, 2.05) is 32.9 Å². The van der Waals surface area contributed by atoms with Crippen LogP contribution >= 0.6 is 0 Å². The average molecular weight is 146 g/mol. The standard InChI is InChI=1S/C9H10N2/c1-6-4-9(5-10)11-8(3)7(6)2/h4H,1-3H3. The van der Waals surface area contributed by atoms with Crippen LogP contribution in [0.25, 0.3) is 0 Å². The quantitative estimate of drug-likeness (QED) is 0.560. The Kier molecular flexibility index (Phi) is 1.91. The van der Waals surface area contributed by atoms with Gasteiger partial charge in [0.2, 0.25) is 0 Å². The van der Waals surface area contributed by atoms with Crippen LogP contribution in [0.3, 0.4) is 0 Å². The van der Waals surface area contributed by atoms with Crippen molar-refractivity contribution in [3.63, 3.8) is 0 Å². The SMILES string of the molecule is Cc1cc(C#N)nc(C)c1C. The van der Waals surface area contributed by atoms with Crippen molar-refractivity contribution in [2.45, 2.75) is 20.8 Å². The molecule has 2 nitrogen and oxygen atoms in total. The largest absolute Gasteiger partial charge is 0.242 e. The second kappa shape index (κ2) is 2.71. The third-order valence-electron chi connectivity index (χ3n) is 1.89. The summed E-state index contributed by atoms with van der Waals surface area (Å²) in [6.07, 6.45) is 0. The van der Waals surface area contributed by atoms with Crippen molar-refractivity contribution in [2.24, 2.45) is 0 Å². The Morgan fingerprint density at radius 1 is 1.36 bits per heavy atom. The number of pyridine rings is 1. The van der Waals surface area contributed by atoms with Gasteiger partial charge >= 0.3 is 0 Å². The van der Waals surface area contributed by atoms with Crippen LogP contribution in [0, 0.1) is 32.1 Å². The lowest BCUT2D eigenvalue weighted by Gasteiger charge is -2.02. The van der Waals surface area contributed by atoms with Gasteiger partial charge in [-0.1, -0.05) is 0 Å². The predicted octanol–water partition coefficient (Wildman–Crippen LogP) is 1.88. The van der Waals surface area contributed by atoms with Crippen LogP contribution in [-0.4, -0.2) is 4.98 Å². The topological polar surface area (TPSA) is 36.7 Å². The first-order valence-corrected chi connectivity index (χ1v) is 3.50. The average Bonchev–Trinajstić information content (AvgIpc) is 1.99. The van der Waals surface area contributed by atoms with Crippen LogP contribution < -0.4 is 0 Å². The van der Waals surface area contributed by atoms with Crippen molar-refractivity contribution in [1.29, 1.82) is 5.26 Å². The first-order chi connectivity index (χ1) is 5.15. The van der Waals surface area contributed by atoms with E-state index in [0.717, 1.165) is 11.3 Å². The highest BCUT2D eigenvalue weighted by Crippen LogP contribution is 2.10.